The number of pyridine rings is 1. The fourth-order valence-electron chi connectivity index (χ4n) is 2.40. The zero-order valence-electron chi connectivity index (χ0n) is 12.9. The summed E-state index contributed by atoms with van der Waals surface area (Å²) in [6, 6.07) is 11.5. The fourth-order valence-corrected chi connectivity index (χ4v) is 3.96. The number of aryl methyl sites for hydroxylation is 1. The second-order valence-electron chi connectivity index (χ2n) is 5.23. The van der Waals surface area contributed by atoms with Gasteiger partial charge in [-0.05, 0) is 35.0 Å². The molecule has 0 fully saturated rings. The number of nitrogens with zero attached hydrogens (tertiary/aromatic N) is 2. The number of non-ortho nitro benzene ring substituents is 1. The Kier molecular flexibility index (Phi) is 4.53. The van der Waals surface area contributed by atoms with E-state index in [4.69, 9.17) is 0 Å². The molecule has 124 valence electrons. The first-order valence-corrected chi connectivity index (χ1v) is 8.70. The van der Waals surface area contributed by atoms with Gasteiger partial charge in [0.15, 0.2) is 0 Å². The van der Waals surface area contributed by atoms with Gasteiger partial charge in [-0.25, -0.2) is 0 Å². The molecule has 0 atom stereocenters. The first-order valence-electron chi connectivity index (χ1n) is 7.09. The number of hydrogen-bond donors (Lipinski definition) is 1. The van der Waals surface area contributed by atoms with Crippen LogP contribution in [0.2, 0.25) is 0 Å². The molecular formula is C17H10BrN3O3S. The minimum absolute atomic E-state index is 0.0166. The standard InChI is InChI=1S/C17H10BrN3O3S/c1-9-14(18)7-16(25-9)12-6-15(20-17(22)13(12)8-19)10-3-2-4-11(5-10)21(23)24/h2-7H,1H3,(H,20,22). The van der Waals surface area contributed by atoms with E-state index in [0.717, 1.165) is 14.2 Å². The number of aromatic amines is 1. The molecule has 0 aliphatic heterocycles. The normalized spacial score (nSPS) is 10.4. The van der Waals surface area contributed by atoms with Gasteiger partial charge in [-0.15, -0.1) is 11.3 Å². The Balaban J connectivity index is 2.24. The molecule has 0 aliphatic rings. The smallest absolute Gasteiger partial charge is 0.270 e. The zero-order valence-corrected chi connectivity index (χ0v) is 15.3. The largest absolute Gasteiger partial charge is 0.321 e. The van der Waals surface area contributed by atoms with Crippen LogP contribution in [-0.2, 0) is 0 Å². The average Bonchev–Trinajstić information content (AvgIpc) is 2.93. The number of nitriles is 1. The molecule has 0 radical (unpaired) electrons. The Morgan fingerprint density at radius 2 is 2.08 bits per heavy atom. The zero-order chi connectivity index (χ0) is 18.1. The molecule has 25 heavy (non-hydrogen) atoms. The van der Waals surface area contributed by atoms with Gasteiger partial charge in [-0.3, -0.25) is 14.9 Å². The molecule has 0 saturated carbocycles. The summed E-state index contributed by atoms with van der Waals surface area (Å²) >= 11 is 4.89. The minimum Gasteiger partial charge on any atom is -0.321 e. The molecule has 0 amide bonds. The van der Waals surface area contributed by atoms with Crippen molar-refractivity contribution in [3.05, 3.63) is 71.8 Å². The topological polar surface area (TPSA) is 99.8 Å². The van der Waals surface area contributed by atoms with Crippen molar-refractivity contribution in [2.75, 3.05) is 0 Å². The number of H-pyrrole nitrogens is 1. The maximum atomic E-state index is 12.3. The lowest BCUT2D eigenvalue weighted by Gasteiger charge is -2.06. The number of aromatic nitrogens is 1. The van der Waals surface area contributed by atoms with E-state index in [1.54, 1.807) is 18.2 Å². The second kappa shape index (κ2) is 6.63. The van der Waals surface area contributed by atoms with Crippen molar-refractivity contribution in [1.82, 2.24) is 4.98 Å². The van der Waals surface area contributed by atoms with Gasteiger partial charge in [-0.2, -0.15) is 5.26 Å². The Labute approximate surface area is 154 Å². The van der Waals surface area contributed by atoms with E-state index in [1.807, 2.05) is 19.1 Å². The molecule has 8 heteroatoms. The minimum atomic E-state index is -0.524. The summed E-state index contributed by atoms with van der Waals surface area (Å²) in [6.45, 7) is 1.93. The maximum Gasteiger partial charge on any atom is 0.270 e. The van der Waals surface area contributed by atoms with Gasteiger partial charge in [0.25, 0.3) is 11.2 Å². The predicted molar refractivity (Wildman–Crippen MR) is 99.6 cm³/mol. The van der Waals surface area contributed by atoms with E-state index in [0.29, 0.717) is 16.8 Å². The highest BCUT2D eigenvalue weighted by atomic mass is 79.9. The molecule has 0 unspecified atom stereocenters. The molecule has 3 rings (SSSR count). The quantitative estimate of drug-likeness (QED) is 0.497. The van der Waals surface area contributed by atoms with Crippen LogP contribution in [0, 0.1) is 28.4 Å². The molecule has 1 aromatic carbocycles. The first-order chi connectivity index (χ1) is 11.9. The van der Waals surface area contributed by atoms with Gasteiger partial charge >= 0.3 is 0 Å². The van der Waals surface area contributed by atoms with Crippen LogP contribution in [0.1, 0.15) is 10.4 Å². The van der Waals surface area contributed by atoms with E-state index >= 15 is 0 Å². The Morgan fingerprint density at radius 1 is 1.32 bits per heavy atom. The number of halogens is 1. The molecule has 2 heterocycles. The van der Waals surface area contributed by atoms with Crippen LogP contribution in [0.3, 0.4) is 0 Å². The number of nitro benzene ring substituents is 1. The van der Waals surface area contributed by atoms with E-state index < -0.39 is 10.5 Å². The Hall–Kier alpha value is -2.76. The third-order valence-electron chi connectivity index (χ3n) is 3.64. The van der Waals surface area contributed by atoms with Gasteiger partial charge in [0, 0.05) is 43.2 Å². The van der Waals surface area contributed by atoms with E-state index in [1.165, 1.54) is 23.5 Å². The van der Waals surface area contributed by atoms with Gasteiger partial charge in [0.05, 0.1) is 4.92 Å². The number of thiophene rings is 1. The molecule has 0 saturated heterocycles. The highest BCUT2D eigenvalue weighted by Gasteiger charge is 2.16. The number of nitrogens with one attached hydrogen (secondary N) is 1. The molecule has 3 aromatic rings. The molecule has 1 N–H and O–H groups in total. The van der Waals surface area contributed by atoms with E-state index in [2.05, 4.69) is 20.9 Å². The molecule has 0 aliphatic carbocycles. The van der Waals surface area contributed by atoms with E-state index in [-0.39, 0.29) is 11.3 Å². The molecular weight excluding hydrogens is 406 g/mol. The van der Waals surface area contributed by atoms with Crippen molar-refractivity contribution < 1.29 is 4.92 Å². The summed E-state index contributed by atoms with van der Waals surface area (Å²) in [5.41, 5.74) is 0.853. The second-order valence-corrected chi connectivity index (χ2v) is 7.35. The van der Waals surface area contributed by atoms with Crippen LogP contribution in [0.5, 0.6) is 0 Å². The molecule has 6 nitrogen and oxygen atoms in total. The van der Waals surface area contributed by atoms with Crippen molar-refractivity contribution in [3.63, 3.8) is 0 Å². The molecule has 0 bridgehead atoms. The lowest BCUT2D eigenvalue weighted by molar-refractivity contribution is -0.384. The number of benzene rings is 1. The van der Waals surface area contributed by atoms with Crippen LogP contribution in [-0.4, -0.2) is 9.91 Å². The van der Waals surface area contributed by atoms with Gasteiger partial charge in [0.2, 0.25) is 0 Å². The summed E-state index contributed by atoms with van der Waals surface area (Å²) in [7, 11) is 0. The number of rotatable bonds is 3. The van der Waals surface area contributed by atoms with Crippen molar-refractivity contribution in [1.29, 1.82) is 5.26 Å². The first kappa shape index (κ1) is 17.1. The van der Waals surface area contributed by atoms with Gasteiger partial charge < -0.3 is 4.98 Å². The highest BCUT2D eigenvalue weighted by Crippen LogP contribution is 2.36. The number of hydrogen-bond acceptors (Lipinski definition) is 5. The van der Waals surface area contributed by atoms with Crippen LogP contribution < -0.4 is 5.56 Å². The van der Waals surface area contributed by atoms with Crippen LogP contribution >= 0.6 is 27.3 Å². The summed E-state index contributed by atoms with van der Waals surface area (Å²) in [5, 5.41) is 20.3. The third kappa shape index (κ3) is 3.24. The predicted octanol–water partition coefficient (Wildman–Crippen LogP) is 4.62. The maximum absolute atomic E-state index is 12.3. The Bertz CT molecular complexity index is 1080. The van der Waals surface area contributed by atoms with Crippen molar-refractivity contribution in [3.8, 4) is 27.8 Å². The highest BCUT2D eigenvalue weighted by molar-refractivity contribution is 9.10. The van der Waals surface area contributed by atoms with Crippen LogP contribution in [0.25, 0.3) is 21.7 Å². The lowest BCUT2D eigenvalue weighted by atomic mass is 10.0. The van der Waals surface area contributed by atoms with Crippen molar-refractivity contribution in [2.45, 2.75) is 6.92 Å². The summed E-state index contributed by atoms with van der Waals surface area (Å²) in [4.78, 5) is 27.2. The SMILES string of the molecule is Cc1sc(-c2cc(-c3cccc([N+](=O)[O-])c3)[nH]c(=O)c2C#N)cc1Br. The summed E-state index contributed by atoms with van der Waals surface area (Å²) < 4.78 is 0.897. The van der Waals surface area contributed by atoms with Crippen LogP contribution in [0.4, 0.5) is 5.69 Å². The van der Waals surface area contributed by atoms with Crippen LogP contribution in [0.15, 0.2) is 45.7 Å². The van der Waals surface area contributed by atoms with Crippen molar-refractivity contribution in [2.24, 2.45) is 0 Å². The number of nitro groups is 1. The van der Waals surface area contributed by atoms with Gasteiger partial charge in [-0.1, -0.05) is 12.1 Å². The molecule has 0 spiro atoms. The summed E-state index contributed by atoms with van der Waals surface area (Å²) in [6.07, 6.45) is 0. The van der Waals surface area contributed by atoms with Crippen molar-refractivity contribution >= 4 is 33.0 Å². The van der Waals surface area contributed by atoms with E-state index in [9.17, 15) is 20.2 Å². The molecule has 2 aromatic heterocycles. The lowest BCUT2D eigenvalue weighted by Crippen LogP contribution is -2.12. The monoisotopic (exact) mass is 415 g/mol. The average molecular weight is 416 g/mol. The van der Waals surface area contributed by atoms with Gasteiger partial charge in [0.1, 0.15) is 11.6 Å². The third-order valence-corrected chi connectivity index (χ3v) is 5.81. The summed E-state index contributed by atoms with van der Waals surface area (Å²) in [5.74, 6) is 0. The Morgan fingerprint density at radius 3 is 2.68 bits per heavy atom. The fraction of sp³-hybridized carbons (Fsp3) is 0.0588.